The van der Waals surface area contributed by atoms with Crippen LogP contribution in [0.15, 0.2) is 12.1 Å². The number of hydrogen-bond acceptors (Lipinski definition) is 5. The maximum atomic E-state index is 5.44. The van der Waals surface area contributed by atoms with Gasteiger partial charge < -0.3 is 15.8 Å². The molecule has 1 aliphatic heterocycles. The summed E-state index contributed by atoms with van der Waals surface area (Å²) in [5.74, 6) is 1.92. The Labute approximate surface area is 89.0 Å². The average Bonchev–Trinajstić information content (AvgIpc) is 2.74. The topological polar surface area (TPSA) is 73.1 Å². The van der Waals surface area contributed by atoms with Gasteiger partial charge in [0.05, 0.1) is 0 Å². The molecule has 0 bridgehead atoms. The molecule has 0 radical (unpaired) electrons. The van der Waals surface area contributed by atoms with Crippen molar-refractivity contribution in [1.82, 2.24) is 10.2 Å². The summed E-state index contributed by atoms with van der Waals surface area (Å²) >= 11 is 0. The molecule has 1 aromatic rings. The third-order valence-corrected chi connectivity index (χ3v) is 2.57. The summed E-state index contributed by atoms with van der Waals surface area (Å²) in [7, 11) is 0. The molecule has 0 amide bonds. The Morgan fingerprint density at radius 3 is 3.07 bits per heavy atom. The van der Waals surface area contributed by atoms with Crippen molar-refractivity contribution in [2.24, 2.45) is 5.92 Å². The Hall–Kier alpha value is -1.36. The van der Waals surface area contributed by atoms with Gasteiger partial charge in [0.25, 0.3) is 0 Å². The van der Waals surface area contributed by atoms with Gasteiger partial charge in [0.2, 0.25) is 0 Å². The van der Waals surface area contributed by atoms with Gasteiger partial charge in [-0.1, -0.05) is 0 Å². The third-order valence-electron chi connectivity index (χ3n) is 2.57. The van der Waals surface area contributed by atoms with E-state index in [1.54, 1.807) is 6.07 Å². The van der Waals surface area contributed by atoms with Crippen molar-refractivity contribution >= 4 is 11.6 Å². The number of nitrogens with one attached hydrogen (secondary N) is 1. The van der Waals surface area contributed by atoms with Gasteiger partial charge >= 0.3 is 0 Å². The molecule has 1 aliphatic rings. The molecular weight excluding hydrogens is 192 g/mol. The van der Waals surface area contributed by atoms with Gasteiger partial charge in [-0.3, -0.25) is 0 Å². The lowest BCUT2D eigenvalue weighted by Crippen LogP contribution is -2.10. The predicted octanol–water partition coefficient (Wildman–Crippen LogP) is 0.897. The van der Waals surface area contributed by atoms with Crippen molar-refractivity contribution in [1.29, 1.82) is 0 Å². The molecule has 1 fully saturated rings. The summed E-state index contributed by atoms with van der Waals surface area (Å²) in [6, 6.07) is 3.58. The maximum Gasteiger partial charge on any atom is 0.148 e. The Kier molecular flexibility index (Phi) is 3.34. The van der Waals surface area contributed by atoms with Gasteiger partial charge in [0.1, 0.15) is 11.6 Å². The fourth-order valence-corrected chi connectivity index (χ4v) is 1.65. The largest absolute Gasteiger partial charge is 0.382 e. The molecule has 82 valence electrons. The van der Waals surface area contributed by atoms with Crippen LogP contribution in [0.25, 0.3) is 0 Å². The lowest BCUT2D eigenvalue weighted by atomic mass is 10.1. The highest BCUT2D eigenvalue weighted by Gasteiger charge is 2.14. The number of rotatable bonds is 4. The van der Waals surface area contributed by atoms with Gasteiger partial charge in [-0.2, -0.15) is 0 Å². The minimum Gasteiger partial charge on any atom is -0.382 e. The standard InChI is InChI=1S/C10H16N4O/c11-9-1-2-10(14-13-9)12-5-3-8-4-6-15-7-8/h1-2,8H,3-7H2,(H2,11,13)(H,12,14). The van der Waals surface area contributed by atoms with Crippen LogP contribution in [0, 0.1) is 5.92 Å². The first kappa shape index (κ1) is 10.2. The quantitative estimate of drug-likeness (QED) is 0.769. The van der Waals surface area contributed by atoms with E-state index in [1.807, 2.05) is 6.07 Å². The van der Waals surface area contributed by atoms with Crippen LogP contribution in [-0.2, 0) is 4.74 Å². The molecule has 1 unspecified atom stereocenters. The van der Waals surface area contributed by atoms with Gasteiger partial charge in [-0.25, -0.2) is 0 Å². The van der Waals surface area contributed by atoms with Crippen LogP contribution in [0.2, 0.25) is 0 Å². The molecule has 1 aromatic heterocycles. The highest BCUT2D eigenvalue weighted by atomic mass is 16.5. The summed E-state index contributed by atoms with van der Waals surface area (Å²) in [5.41, 5.74) is 5.44. The molecule has 15 heavy (non-hydrogen) atoms. The zero-order valence-corrected chi connectivity index (χ0v) is 8.65. The first-order chi connectivity index (χ1) is 7.34. The van der Waals surface area contributed by atoms with Crippen molar-refractivity contribution in [3.05, 3.63) is 12.1 Å². The molecule has 1 saturated heterocycles. The lowest BCUT2D eigenvalue weighted by Gasteiger charge is -2.08. The lowest BCUT2D eigenvalue weighted by molar-refractivity contribution is 0.185. The van der Waals surface area contributed by atoms with E-state index >= 15 is 0 Å². The number of nitrogens with two attached hydrogens (primary N) is 1. The van der Waals surface area contributed by atoms with Gasteiger partial charge in [-0.05, 0) is 30.9 Å². The van der Waals surface area contributed by atoms with E-state index in [-0.39, 0.29) is 0 Å². The molecule has 5 nitrogen and oxygen atoms in total. The Morgan fingerprint density at radius 1 is 1.47 bits per heavy atom. The van der Waals surface area contributed by atoms with Crippen molar-refractivity contribution in [3.8, 4) is 0 Å². The third kappa shape index (κ3) is 3.06. The number of hydrogen-bond donors (Lipinski definition) is 2. The second-order valence-corrected chi connectivity index (χ2v) is 3.79. The highest BCUT2D eigenvalue weighted by molar-refractivity contribution is 5.38. The van der Waals surface area contributed by atoms with E-state index in [1.165, 1.54) is 6.42 Å². The van der Waals surface area contributed by atoms with E-state index in [2.05, 4.69) is 15.5 Å². The molecule has 2 rings (SSSR count). The smallest absolute Gasteiger partial charge is 0.148 e. The number of anilines is 2. The molecule has 2 heterocycles. The first-order valence-electron chi connectivity index (χ1n) is 5.25. The summed E-state index contributed by atoms with van der Waals surface area (Å²) < 4.78 is 5.30. The fourth-order valence-electron chi connectivity index (χ4n) is 1.65. The number of aromatic nitrogens is 2. The van der Waals surface area contributed by atoms with E-state index in [4.69, 9.17) is 10.5 Å². The van der Waals surface area contributed by atoms with Crippen molar-refractivity contribution in [2.45, 2.75) is 12.8 Å². The molecule has 5 heteroatoms. The van der Waals surface area contributed by atoms with Crippen molar-refractivity contribution in [3.63, 3.8) is 0 Å². The van der Waals surface area contributed by atoms with Crippen LogP contribution in [0.1, 0.15) is 12.8 Å². The number of nitrogens with zero attached hydrogens (tertiary/aromatic N) is 2. The normalized spacial score (nSPS) is 20.4. The molecule has 3 N–H and O–H groups in total. The van der Waals surface area contributed by atoms with Crippen LogP contribution >= 0.6 is 0 Å². The maximum absolute atomic E-state index is 5.44. The van der Waals surface area contributed by atoms with E-state index in [0.717, 1.165) is 32.0 Å². The minimum absolute atomic E-state index is 0.449. The monoisotopic (exact) mass is 208 g/mol. The van der Waals surface area contributed by atoms with Crippen LogP contribution in [0.3, 0.4) is 0 Å². The summed E-state index contributed by atoms with van der Waals surface area (Å²) in [4.78, 5) is 0. The minimum atomic E-state index is 0.449. The average molecular weight is 208 g/mol. The van der Waals surface area contributed by atoms with E-state index in [0.29, 0.717) is 11.7 Å². The van der Waals surface area contributed by atoms with Gasteiger partial charge in [-0.15, -0.1) is 10.2 Å². The van der Waals surface area contributed by atoms with Crippen LogP contribution < -0.4 is 11.1 Å². The molecular formula is C10H16N4O. The Bertz CT molecular complexity index is 295. The second-order valence-electron chi connectivity index (χ2n) is 3.79. The van der Waals surface area contributed by atoms with Crippen LogP contribution in [0.5, 0.6) is 0 Å². The van der Waals surface area contributed by atoms with Crippen LogP contribution in [-0.4, -0.2) is 30.0 Å². The number of nitrogen functional groups attached to an aromatic ring is 1. The summed E-state index contributed by atoms with van der Waals surface area (Å²) in [5, 5.41) is 10.9. The second kappa shape index (κ2) is 4.93. The summed E-state index contributed by atoms with van der Waals surface area (Å²) in [6.45, 7) is 2.72. The van der Waals surface area contributed by atoms with Crippen molar-refractivity contribution in [2.75, 3.05) is 30.8 Å². The fraction of sp³-hybridized carbons (Fsp3) is 0.600. The Balaban J connectivity index is 1.71. The zero-order valence-electron chi connectivity index (χ0n) is 8.65. The molecule has 0 saturated carbocycles. The van der Waals surface area contributed by atoms with Crippen molar-refractivity contribution < 1.29 is 4.74 Å². The summed E-state index contributed by atoms with van der Waals surface area (Å²) in [6.07, 6.45) is 2.29. The van der Waals surface area contributed by atoms with Gasteiger partial charge in [0.15, 0.2) is 0 Å². The molecule has 1 atom stereocenters. The molecule has 0 spiro atoms. The molecule has 0 aliphatic carbocycles. The SMILES string of the molecule is Nc1ccc(NCCC2CCOC2)nn1. The predicted molar refractivity (Wildman–Crippen MR) is 58.5 cm³/mol. The number of ether oxygens (including phenoxy) is 1. The van der Waals surface area contributed by atoms with E-state index in [9.17, 15) is 0 Å². The van der Waals surface area contributed by atoms with Crippen LogP contribution in [0.4, 0.5) is 11.6 Å². The van der Waals surface area contributed by atoms with Gasteiger partial charge in [0, 0.05) is 19.8 Å². The first-order valence-corrected chi connectivity index (χ1v) is 5.25. The molecule has 0 aromatic carbocycles. The highest BCUT2D eigenvalue weighted by Crippen LogP contribution is 2.16. The zero-order chi connectivity index (χ0) is 10.5. The van der Waals surface area contributed by atoms with E-state index < -0.39 is 0 Å². The Morgan fingerprint density at radius 2 is 2.40 bits per heavy atom.